The van der Waals surface area contributed by atoms with Gasteiger partial charge in [0.05, 0.1) is 10.6 Å². The Labute approximate surface area is 201 Å². The molecule has 4 aromatic rings. The molecule has 0 aliphatic rings. The molecule has 0 bridgehead atoms. The number of thiazole rings is 1. The van der Waals surface area contributed by atoms with Crippen molar-refractivity contribution in [2.75, 3.05) is 10.0 Å². The average molecular weight is 496 g/mol. The maximum atomic E-state index is 13.0. The molecular weight excluding hydrogens is 473 g/mol. The number of hydrogen-bond acceptors (Lipinski definition) is 5. The minimum atomic E-state index is -3.87. The van der Waals surface area contributed by atoms with E-state index in [0.717, 1.165) is 23.4 Å². The van der Waals surface area contributed by atoms with Gasteiger partial charge in [-0.15, -0.1) is 11.3 Å². The Morgan fingerprint density at radius 3 is 2.21 bits per heavy atom. The third kappa shape index (κ3) is 5.49. The highest BCUT2D eigenvalue weighted by atomic mass is 32.2. The van der Waals surface area contributed by atoms with E-state index in [-0.39, 0.29) is 16.5 Å². The molecule has 0 atom stereocenters. The van der Waals surface area contributed by atoms with Crippen molar-refractivity contribution < 1.29 is 17.6 Å². The van der Waals surface area contributed by atoms with E-state index in [2.05, 4.69) is 41.0 Å². The van der Waals surface area contributed by atoms with E-state index < -0.39 is 15.8 Å². The van der Waals surface area contributed by atoms with Gasteiger partial charge in [0.2, 0.25) is 0 Å². The van der Waals surface area contributed by atoms with Crippen molar-refractivity contribution in [2.45, 2.75) is 24.7 Å². The number of nitrogens with zero attached hydrogens (tertiary/aromatic N) is 1. The van der Waals surface area contributed by atoms with Crippen LogP contribution in [0.5, 0.6) is 0 Å². The number of benzene rings is 3. The lowest BCUT2D eigenvalue weighted by Gasteiger charge is -2.09. The van der Waals surface area contributed by atoms with Crippen LogP contribution < -0.4 is 10.0 Å². The van der Waals surface area contributed by atoms with Gasteiger partial charge in [0.25, 0.3) is 15.9 Å². The first-order valence-electron chi connectivity index (χ1n) is 10.5. The first kappa shape index (κ1) is 23.6. The molecule has 0 unspecified atom stereocenters. The van der Waals surface area contributed by atoms with Crippen molar-refractivity contribution in [2.24, 2.45) is 0 Å². The molecule has 0 saturated heterocycles. The van der Waals surface area contributed by atoms with Gasteiger partial charge in [-0.25, -0.2) is 17.8 Å². The highest BCUT2D eigenvalue weighted by Crippen LogP contribution is 2.27. The van der Waals surface area contributed by atoms with E-state index in [0.29, 0.717) is 16.6 Å². The van der Waals surface area contributed by atoms with Gasteiger partial charge in [-0.05, 0) is 60.0 Å². The predicted octanol–water partition coefficient (Wildman–Crippen LogP) is 6.13. The van der Waals surface area contributed by atoms with Crippen LogP contribution in [-0.4, -0.2) is 19.3 Å². The van der Waals surface area contributed by atoms with Crippen molar-refractivity contribution in [3.63, 3.8) is 0 Å². The molecule has 0 aliphatic heterocycles. The average Bonchev–Trinajstić information content (AvgIpc) is 3.28. The van der Waals surface area contributed by atoms with Crippen molar-refractivity contribution in [1.29, 1.82) is 0 Å². The molecule has 0 radical (unpaired) electrons. The summed E-state index contributed by atoms with van der Waals surface area (Å²) in [5, 5.41) is 5.12. The number of sulfonamides is 1. The second-order valence-electron chi connectivity index (χ2n) is 7.91. The van der Waals surface area contributed by atoms with Crippen LogP contribution in [0.15, 0.2) is 83.1 Å². The first-order chi connectivity index (χ1) is 16.2. The third-order valence-corrected chi connectivity index (χ3v) is 7.28. The van der Waals surface area contributed by atoms with Crippen LogP contribution in [0, 0.1) is 5.82 Å². The molecule has 0 saturated carbocycles. The Balaban J connectivity index is 1.41. The third-order valence-electron chi connectivity index (χ3n) is 5.12. The second kappa shape index (κ2) is 9.74. The van der Waals surface area contributed by atoms with Crippen LogP contribution in [0.1, 0.15) is 35.7 Å². The Morgan fingerprint density at radius 1 is 0.941 bits per heavy atom. The number of aromatic nitrogens is 1. The molecule has 34 heavy (non-hydrogen) atoms. The van der Waals surface area contributed by atoms with E-state index in [9.17, 15) is 17.6 Å². The smallest absolute Gasteiger partial charge is 0.261 e. The Hall–Kier alpha value is -3.56. The standard InChI is InChI=1S/C25H22FN3O3S2/c1-16(2)17-3-5-18(6-4-17)23-15-33-25(27-23)28-24(30)19-7-11-21(12-8-19)29-34(31,32)22-13-9-20(26)10-14-22/h3-16,29H,1-2H3,(H,27,28,30). The number of amides is 1. The summed E-state index contributed by atoms with van der Waals surface area (Å²) >= 11 is 1.33. The zero-order valence-corrected chi connectivity index (χ0v) is 20.1. The van der Waals surface area contributed by atoms with Crippen LogP contribution >= 0.6 is 11.3 Å². The number of carbonyl (C=O) groups excluding carboxylic acids is 1. The van der Waals surface area contributed by atoms with Gasteiger partial charge in [-0.3, -0.25) is 14.8 Å². The molecule has 1 heterocycles. The highest BCUT2D eigenvalue weighted by Gasteiger charge is 2.15. The fraction of sp³-hybridized carbons (Fsp3) is 0.120. The maximum absolute atomic E-state index is 13.0. The Kier molecular flexibility index (Phi) is 6.76. The van der Waals surface area contributed by atoms with Crippen LogP contribution in [0.25, 0.3) is 11.3 Å². The van der Waals surface area contributed by atoms with Gasteiger partial charge in [0, 0.05) is 22.2 Å². The quantitative estimate of drug-likeness (QED) is 0.323. The van der Waals surface area contributed by atoms with E-state index in [1.165, 1.54) is 53.3 Å². The Morgan fingerprint density at radius 2 is 1.59 bits per heavy atom. The van der Waals surface area contributed by atoms with Crippen molar-refractivity contribution in [3.8, 4) is 11.3 Å². The molecule has 1 aromatic heterocycles. The monoisotopic (exact) mass is 495 g/mol. The molecule has 0 spiro atoms. The summed E-state index contributed by atoms with van der Waals surface area (Å²) in [7, 11) is -3.87. The van der Waals surface area contributed by atoms with Crippen LogP contribution in [0.3, 0.4) is 0 Å². The summed E-state index contributed by atoms with van der Waals surface area (Å²) in [6.45, 7) is 4.27. The molecule has 1 amide bonds. The fourth-order valence-corrected chi connectivity index (χ4v) is 4.96. The summed E-state index contributed by atoms with van der Waals surface area (Å²) in [6, 6.07) is 18.7. The van der Waals surface area contributed by atoms with E-state index in [1.807, 2.05) is 17.5 Å². The van der Waals surface area contributed by atoms with Gasteiger partial charge in [0.15, 0.2) is 5.13 Å². The number of anilines is 2. The molecular formula is C25H22FN3O3S2. The molecule has 4 rings (SSSR count). The largest absolute Gasteiger partial charge is 0.298 e. The minimum absolute atomic E-state index is 0.0610. The zero-order chi connectivity index (χ0) is 24.3. The second-order valence-corrected chi connectivity index (χ2v) is 10.4. The van der Waals surface area contributed by atoms with Crippen molar-refractivity contribution in [1.82, 2.24) is 4.98 Å². The summed E-state index contributed by atoms with van der Waals surface area (Å²) < 4.78 is 40.3. The lowest BCUT2D eigenvalue weighted by molar-refractivity contribution is 0.102. The van der Waals surface area contributed by atoms with Gasteiger partial charge in [-0.1, -0.05) is 38.1 Å². The van der Waals surface area contributed by atoms with Crippen LogP contribution in [0.4, 0.5) is 15.2 Å². The van der Waals surface area contributed by atoms with Gasteiger partial charge < -0.3 is 0 Å². The van der Waals surface area contributed by atoms with Crippen LogP contribution in [0.2, 0.25) is 0 Å². The van der Waals surface area contributed by atoms with Gasteiger partial charge >= 0.3 is 0 Å². The lowest BCUT2D eigenvalue weighted by atomic mass is 10.0. The molecule has 9 heteroatoms. The molecule has 3 aromatic carbocycles. The zero-order valence-electron chi connectivity index (χ0n) is 18.4. The minimum Gasteiger partial charge on any atom is -0.298 e. The molecule has 174 valence electrons. The SMILES string of the molecule is CC(C)c1ccc(-c2csc(NC(=O)c3ccc(NS(=O)(=O)c4ccc(F)cc4)cc3)n2)cc1. The number of rotatable bonds is 7. The van der Waals surface area contributed by atoms with Gasteiger partial charge in [-0.2, -0.15) is 0 Å². The number of halogens is 1. The number of hydrogen-bond donors (Lipinski definition) is 2. The molecule has 0 fully saturated rings. The summed E-state index contributed by atoms with van der Waals surface area (Å²) in [6.07, 6.45) is 0. The van der Waals surface area contributed by atoms with E-state index in [1.54, 1.807) is 0 Å². The predicted molar refractivity (Wildman–Crippen MR) is 133 cm³/mol. The first-order valence-corrected chi connectivity index (χ1v) is 12.8. The Bertz CT molecular complexity index is 1400. The summed E-state index contributed by atoms with van der Waals surface area (Å²) in [4.78, 5) is 17.0. The summed E-state index contributed by atoms with van der Waals surface area (Å²) in [5.41, 5.74) is 3.63. The normalized spacial score (nSPS) is 11.4. The molecule has 0 aliphatic carbocycles. The van der Waals surface area contributed by atoms with Crippen molar-refractivity contribution in [3.05, 3.63) is 95.1 Å². The topological polar surface area (TPSA) is 88.2 Å². The van der Waals surface area contributed by atoms with E-state index in [4.69, 9.17) is 0 Å². The van der Waals surface area contributed by atoms with Gasteiger partial charge in [0.1, 0.15) is 5.82 Å². The maximum Gasteiger partial charge on any atom is 0.261 e. The van der Waals surface area contributed by atoms with Crippen LogP contribution in [-0.2, 0) is 10.0 Å². The highest BCUT2D eigenvalue weighted by molar-refractivity contribution is 7.92. The lowest BCUT2D eigenvalue weighted by Crippen LogP contribution is -2.14. The van der Waals surface area contributed by atoms with E-state index >= 15 is 0 Å². The molecule has 6 nitrogen and oxygen atoms in total. The number of nitrogens with one attached hydrogen (secondary N) is 2. The van der Waals surface area contributed by atoms with Crippen molar-refractivity contribution >= 4 is 38.1 Å². The fourth-order valence-electron chi connectivity index (χ4n) is 3.19. The number of carbonyl (C=O) groups is 1. The molecule has 2 N–H and O–H groups in total. The summed E-state index contributed by atoms with van der Waals surface area (Å²) in [5.74, 6) is -0.432.